The Labute approximate surface area is 158 Å². The highest BCUT2D eigenvalue weighted by Crippen LogP contribution is 2.37. The molecule has 1 saturated carbocycles. The predicted molar refractivity (Wildman–Crippen MR) is 102 cm³/mol. The van der Waals surface area contributed by atoms with Crippen molar-refractivity contribution in [2.24, 2.45) is 0 Å². The van der Waals surface area contributed by atoms with Crippen LogP contribution in [0.25, 0.3) is 0 Å². The van der Waals surface area contributed by atoms with Crippen molar-refractivity contribution in [3.05, 3.63) is 42.2 Å². The third-order valence-electron chi connectivity index (χ3n) is 5.01. The van der Waals surface area contributed by atoms with Gasteiger partial charge in [0, 0.05) is 31.7 Å². The van der Waals surface area contributed by atoms with Crippen LogP contribution in [0.5, 0.6) is 0 Å². The zero-order valence-corrected chi connectivity index (χ0v) is 15.7. The molecule has 1 aliphatic heterocycles. The van der Waals surface area contributed by atoms with Crippen LogP contribution in [-0.4, -0.2) is 50.5 Å². The van der Waals surface area contributed by atoms with E-state index in [2.05, 4.69) is 55.3 Å². The summed E-state index contributed by atoms with van der Waals surface area (Å²) in [6, 6.07) is 11.4. The van der Waals surface area contributed by atoms with Crippen molar-refractivity contribution >= 4 is 17.7 Å². The summed E-state index contributed by atoms with van der Waals surface area (Å²) >= 11 is 1.49. The summed E-state index contributed by atoms with van der Waals surface area (Å²) in [5.74, 6) is 0.511. The maximum Gasteiger partial charge on any atom is 0.230 e. The number of nitrogens with one attached hydrogen (secondary N) is 1. The number of nitrogens with zero attached hydrogens (tertiary/aromatic N) is 4. The van der Waals surface area contributed by atoms with Crippen LogP contribution in [0.1, 0.15) is 37.3 Å². The fourth-order valence-electron chi connectivity index (χ4n) is 3.41. The summed E-state index contributed by atoms with van der Waals surface area (Å²) in [6.07, 6.45) is 6.20. The van der Waals surface area contributed by atoms with E-state index >= 15 is 0 Å². The molecule has 7 heteroatoms. The van der Waals surface area contributed by atoms with Crippen molar-refractivity contribution in [3.63, 3.8) is 0 Å². The van der Waals surface area contributed by atoms with E-state index in [1.807, 2.05) is 0 Å². The third-order valence-corrected chi connectivity index (χ3v) is 5.97. The molecule has 1 amide bonds. The number of carbonyl (C=O) groups excluding carboxylic acids is 1. The Morgan fingerprint density at radius 3 is 2.65 bits per heavy atom. The molecule has 1 N–H and O–H groups in total. The van der Waals surface area contributed by atoms with Crippen molar-refractivity contribution < 1.29 is 4.79 Å². The first-order valence-electron chi connectivity index (χ1n) is 9.36. The topological polar surface area (TPSA) is 63.1 Å². The lowest BCUT2D eigenvalue weighted by Gasteiger charge is -2.32. The standard InChI is InChI=1S/C19H25N5OS/c25-18(13-26-19-22-20-14-24(19)17-6-7-17)21-16-8-10-23(11-9-16)12-15-4-2-1-3-5-15/h1-5,14,16-17H,6-13H2,(H,21,25). The number of carbonyl (C=O) groups is 1. The number of benzene rings is 1. The van der Waals surface area contributed by atoms with Gasteiger partial charge in [-0.05, 0) is 31.2 Å². The number of hydrogen-bond donors (Lipinski definition) is 1. The predicted octanol–water partition coefficient (Wildman–Crippen LogP) is 2.49. The van der Waals surface area contributed by atoms with Gasteiger partial charge in [0.1, 0.15) is 6.33 Å². The van der Waals surface area contributed by atoms with E-state index in [4.69, 9.17) is 0 Å². The van der Waals surface area contributed by atoms with E-state index in [1.54, 1.807) is 6.33 Å². The molecule has 4 rings (SSSR count). The molecule has 0 unspecified atom stereocenters. The lowest BCUT2D eigenvalue weighted by molar-refractivity contribution is -0.119. The second-order valence-corrected chi connectivity index (χ2v) is 8.09. The molecule has 6 nitrogen and oxygen atoms in total. The van der Waals surface area contributed by atoms with E-state index in [9.17, 15) is 4.79 Å². The third kappa shape index (κ3) is 4.65. The molecule has 2 aliphatic rings. The summed E-state index contributed by atoms with van der Waals surface area (Å²) in [7, 11) is 0. The van der Waals surface area contributed by atoms with E-state index in [0.29, 0.717) is 11.8 Å². The molecule has 2 heterocycles. The average molecular weight is 372 g/mol. The number of rotatable bonds is 7. The molecular formula is C19H25N5OS. The van der Waals surface area contributed by atoms with Gasteiger partial charge in [-0.15, -0.1) is 10.2 Å². The van der Waals surface area contributed by atoms with Gasteiger partial charge in [0.05, 0.1) is 5.75 Å². The molecule has 2 aromatic rings. The van der Waals surface area contributed by atoms with Crippen molar-refractivity contribution in [2.75, 3.05) is 18.8 Å². The van der Waals surface area contributed by atoms with Crippen LogP contribution in [-0.2, 0) is 11.3 Å². The molecule has 0 spiro atoms. The Kier molecular flexibility index (Phi) is 5.55. The van der Waals surface area contributed by atoms with E-state index in [0.717, 1.165) is 37.6 Å². The molecule has 26 heavy (non-hydrogen) atoms. The lowest BCUT2D eigenvalue weighted by Crippen LogP contribution is -2.44. The normalized spacial score (nSPS) is 18.8. The summed E-state index contributed by atoms with van der Waals surface area (Å²) in [5, 5.41) is 12.2. The first-order valence-corrected chi connectivity index (χ1v) is 10.3. The fraction of sp³-hybridized carbons (Fsp3) is 0.526. The average Bonchev–Trinajstić information content (AvgIpc) is 3.40. The van der Waals surface area contributed by atoms with E-state index in [1.165, 1.54) is 30.2 Å². The van der Waals surface area contributed by atoms with Gasteiger partial charge in [0.25, 0.3) is 0 Å². The number of thioether (sulfide) groups is 1. The van der Waals surface area contributed by atoms with Crippen molar-refractivity contribution in [3.8, 4) is 0 Å². The first-order chi connectivity index (χ1) is 12.8. The zero-order chi connectivity index (χ0) is 17.8. The molecule has 0 atom stereocenters. The SMILES string of the molecule is O=C(CSc1nncn1C1CC1)NC1CCN(Cc2ccccc2)CC1. The summed E-state index contributed by atoms with van der Waals surface area (Å²) < 4.78 is 2.10. The summed E-state index contributed by atoms with van der Waals surface area (Å²) in [4.78, 5) is 14.7. The highest BCUT2D eigenvalue weighted by Gasteiger charge is 2.27. The molecule has 0 bridgehead atoms. The second-order valence-electron chi connectivity index (χ2n) is 7.14. The smallest absolute Gasteiger partial charge is 0.230 e. The van der Waals surface area contributed by atoms with Gasteiger partial charge < -0.3 is 9.88 Å². The molecule has 138 valence electrons. The van der Waals surface area contributed by atoms with Crippen LogP contribution in [0, 0.1) is 0 Å². The monoisotopic (exact) mass is 371 g/mol. The van der Waals surface area contributed by atoms with E-state index in [-0.39, 0.29) is 11.9 Å². The summed E-state index contributed by atoms with van der Waals surface area (Å²) in [5.41, 5.74) is 1.35. The van der Waals surface area contributed by atoms with Gasteiger partial charge in [0.15, 0.2) is 5.16 Å². The number of aromatic nitrogens is 3. The molecule has 2 fully saturated rings. The minimum absolute atomic E-state index is 0.0989. The largest absolute Gasteiger partial charge is 0.353 e. The van der Waals surface area contributed by atoms with E-state index < -0.39 is 0 Å². The Morgan fingerprint density at radius 2 is 1.92 bits per heavy atom. The van der Waals surface area contributed by atoms with Gasteiger partial charge in [-0.3, -0.25) is 9.69 Å². The molecule has 1 aliphatic carbocycles. The minimum atomic E-state index is 0.0989. The Bertz CT molecular complexity index is 723. The van der Waals surface area contributed by atoms with Crippen LogP contribution in [0.2, 0.25) is 0 Å². The molecule has 1 aromatic carbocycles. The quantitative estimate of drug-likeness (QED) is 0.758. The van der Waals surface area contributed by atoms with Gasteiger partial charge in [-0.2, -0.15) is 0 Å². The molecule has 0 radical (unpaired) electrons. The molecular weight excluding hydrogens is 346 g/mol. The zero-order valence-electron chi connectivity index (χ0n) is 14.9. The van der Waals surface area contributed by atoms with Crippen LogP contribution < -0.4 is 5.32 Å². The van der Waals surface area contributed by atoms with Crippen molar-refractivity contribution in [1.29, 1.82) is 0 Å². The first kappa shape index (κ1) is 17.5. The highest BCUT2D eigenvalue weighted by molar-refractivity contribution is 7.99. The number of hydrogen-bond acceptors (Lipinski definition) is 5. The number of amides is 1. The maximum absolute atomic E-state index is 12.3. The maximum atomic E-state index is 12.3. The van der Waals surface area contributed by atoms with Crippen LogP contribution in [0.4, 0.5) is 0 Å². The Hall–Kier alpha value is -1.86. The van der Waals surface area contributed by atoms with Gasteiger partial charge >= 0.3 is 0 Å². The van der Waals surface area contributed by atoms with Gasteiger partial charge in [0.2, 0.25) is 5.91 Å². The summed E-state index contributed by atoms with van der Waals surface area (Å²) in [6.45, 7) is 3.06. The minimum Gasteiger partial charge on any atom is -0.353 e. The lowest BCUT2D eigenvalue weighted by atomic mass is 10.0. The van der Waals surface area contributed by atoms with Crippen LogP contribution in [0.3, 0.4) is 0 Å². The van der Waals surface area contributed by atoms with Crippen LogP contribution >= 0.6 is 11.8 Å². The van der Waals surface area contributed by atoms with Gasteiger partial charge in [-0.1, -0.05) is 42.1 Å². The molecule has 1 aromatic heterocycles. The van der Waals surface area contributed by atoms with Gasteiger partial charge in [-0.25, -0.2) is 0 Å². The number of likely N-dealkylation sites (tertiary alicyclic amines) is 1. The van der Waals surface area contributed by atoms with Crippen molar-refractivity contribution in [1.82, 2.24) is 25.0 Å². The fourth-order valence-corrected chi connectivity index (χ4v) is 4.21. The molecule has 1 saturated heterocycles. The van der Waals surface area contributed by atoms with Crippen molar-refractivity contribution in [2.45, 2.75) is 49.5 Å². The number of piperidine rings is 1. The second kappa shape index (κ2) is 8.22. The Morgan fingerprint density at radius 1 is 1.15 bits per heavy atom. The highest BCUT2D eigenvalue weighted by atomic mass is 32.2. The van der Waals surface area contributed by atoms with Crippen LogP contribution in [0.15, 0.2) is 41.8 Å². The Balaban J connectivity index is 1.18.